The van der Waals surface area contributed by atoms with Gasteiger partial charge in [-0.25, -0.2) is 0 Å². The van der Waals surface area contributed by atoms with Crippen molar-refractivity contribution in [3.63, 3.8) is 0 Å². The van der Waals surface area contributed by atoms with Crippen LogP contribution >= 0.6 is 0 Å². The topological polar surface area (TPSA) is 86.3 Å². The van der Waals surface area contributed by atoms with Gasteiger partial charge in [-0.05, 0) is 23.3 Å². The summed E-state index contributed by atoms with van der Waals surface area (Å²) in [5.41, 5.74) is 0.783. The van der Waals surface area contributed by atoms with Crippen molar-refractivity contribution in [1.82, 2.24) is 5.10 Å². The molecule has 3 rings (SSSR count). The third-order valence-electron chi connectivity index (χ3n) is 3.25. The van der Waals surface area contributed by atoms with E-state index < -0.39 is 15.9 Å². The lowest BCUT2D eigenvalue weighted by atomic mass is 10.1. The molecular weight excluding hydrogens is 314 g/mol. The number of rotatable bonds is 3. The zero-order chi connectivity index (χ0) is 16.4. The average molecular weight is 327 g/mol. The van der Waals surface area contributed by atoms with Gasteiger partial charge in [0.15, 0.2) is 7.05 Å². The number of hydrogen-bond acceptors (Lipinski definition) is 4. The fraction of sp³-hybridized carbons (Fsp3) is 0.0625. The summed E-state index contributed by atoms with van der Waals surface area (Å²) in [6.45, 7) is 0. The molecule has 0 fully saturated rings. The third kappa shape index (κ3) is 3.04. The second-order valence-corrected chi connectivity index (χ2v) is 6.52. The molecule has 116 valence electrons. The van der Waals surface area contributed by atoms with Crippen LogP contribution in [0.1, 0.15) is 5.56 Å². The lowest BCUT2D eigenvalue weighted by Gasteiger charge is -2.11. The highest BCUT2D eigenvalue weighted by Gasteiger charge is 2.14. The molecule has 2 aromatic carbocycles. The molecule has 0 amide bonds. The van der Waals surface area contributed by atoms with Crippen LogP contribution in [0.5, 0.6) is 0 Å². The van der Waals surface area contributed by atoms with Gasteiger partial charge in [0.1, 0.15) is 5.52 Å². The number of aromatic nitrogens is 2. The van der Waals surface area contributed by atoms with Gasteiger partial charge in [-0.3, -0.25) is 0 Å². The highest BCUT2D eigenvalue weighted by atomic mass is 32.2. The summed E-state index contributed by atoms with van der Waals surface area (Å²) >= 11 is 0. The van der Waals surface area contributed by atoms with Crippen molar-refractivity contribution in [2.45, 2.75) is 4.90 Å². The molecule has 23 heavy (non-hydrogen) atoms. The zero-order valence-electron chi connectivity index (χ0n) is 12.2. The Morgan fingerprint density at radius 2 is 1.74 bits per heavy atom. The van der Waals surface area contributed by atoms with Crippen molar-refractivity contribution in [3.8, 4) is 0 Å². The summed E-state index contributed by atoms with van der Waals surface area (Å²) in [6, 6.07) is 14.7. The van der Waals surface area contributed by atoms with E-state index in [0.717, 1.165) is 0 Å². The first-order valence-electron chi connectivity index (χ1n) is 6.80. The van der Waals surface area contributed by atoms with Gasteiger partial charge in [-0.15, -0.1) is 0 Å². The van der Waals surface area contributed by atoms with Crippen LogP contribution in [-0.4, -0.2) is 19.4 Å². The zero-order valence-corrected chi connectivity index (χ0v) is 13.1. The summed E-state index contributed by atoms with van der Waals surface area (Å²) in [4.78, 5) is -0.0175. The van der Waals surface area contributed by atoms with Crippen LogP contribution in [0.3, 0.4) is 0 Å². The van der Waals surface area contributed by atoms with E-state index in [0.29, 0.717) is 10.9 Å². The molecule has 1 aromatic heterocycles. The van der Waals surface area contributed by atoms with E-state index in [2.05, 4.69) is 9.50 Å². The number of sulfonamides is 1. The molecule has 6 nitrogen and oxygen atoms in total. The van der Waals surface area contributed by atoms with Crippen LogP contribution < -0.4 is 9.79 Å². The number of nitrogens with zero attached hydrogens (tertiary/aromatic N) is 3. The largest absolute Gasteiger partial charge is 0.857 e. The maximum atomic E-state index is 12.4. The first kappa shape index (κ1) is 15.1. The molecule has 0 aliphatic heterocycles. The lowest BCUT2D eigenvalue weighted by molar-refractivity contribution is -0.728. The van der Waals surface area contributed by atoms with E-state index >= 15 is 0 Å². The lowest BCUT2D eigenvalue weighted by Crippen LogP contribution is -2.35. The fourth-order valence-corrected chi connectivity index (χ4v) is 3.14. The van der Waals surface area contributed by atoms with Gasteiger partial charge in [0.2, 0.25) is 6.20 Å². The smallest absolute Gasteiger partial charge is 0.281 e. The van der Waals surface area contributed by atoms with Crippen molar-refractivity contribution in [2.75, 3.05) is 0 Å². The van der Waals surface area contributed by atoms with Crippen LogP contribution in [0.25, 0.3) is 10.9 Å². The van der Waals surface area contributed by atoms with Crippen molar-refractivity contribution in [1.29, 1.82) is 0 Å². The predicted octanol–water partition coefficient (Wildman–Crippen LogP) is 0.555. The van der Waals surface area contributed by atoms with E-state index in [1.165, 1.54) is 23.0 Å². The molecule has 0 aliphatic rings. The van der Waals surface area contributed by atoms with E-state index in [1.807, 2.05) is 0 Å². The van der Waals surface area contributed by atoms with Gasteiger partial charge in [0.25, 0.3) is 10.0 Å². The molecule has 0 saturated carbocycles. The molecule has 0 radical (unpaired) electrons. The minimum Gasteiger partial charge on any atom is -0.857 e. The van der Waals surface area contributed by atoms with Crippen molar-refractivity contribution in [3.05, 3.63) is 66.4 Å². The van der Waals surface area contributed by atoms with Crippen LogP contribution in [0.4, 0.5) is 0 Å². The van der Waals surface area contributed by atoms with E-state index in [-0.39, 0.29) is 10.5 Å². The van der Waals surface area contributed by atoms with E-state index in [4.69, 9.17) is 0 Å². The molecule has 0 atom stereocenters. The van der Waals surface area contributed by atoms with Crippen molar-refractivity contribution in [2.24, 2.45) is 11.4 Å². The predicted molar refractivity (Wildman–Crippen MR) is 83.1 cm³/mol. The molecule has 1 heterocycles. The van der Waals surface area contributed by atoms with Gasteiger partial charge < -0.3 is 5.11 Å². The number of fused-ring (bicyclic) bond motifs is 1. The first-order chi connectivity index (χ1) is 11.0. The molecule has 0 bridgehead atoms. The highest BCUT2D eigenvalue weighted by Crippen LogP contribution is 2.16. The fourth-order valence-electron chi connectivity index (χ4n) is 2.22. The Labute approximate surface area is 133 Å². The Kier molecular flexibility index (Phi) is 3.79. The van der Waals surface area contributed by atoms with Crippen molar-refractivity contribution >= 4 is 26.8 Å². The van der Waals surface area contributed by atoms with Gasteiger partial charge in [0, 0.05) is 11.3 Å². The van der Waals surface area contributed by atoms with Gasteiger partial charge >= 0.3 is 0 Å². The van der Waals surface area contributed by atoms with Crippen molar-refractivity contribution < 1.29 is 18.2 Å². The molecule has 0 saturated heterocycles. The van der Waals surface area contributed by atoms with E-state index in [9.17, 15) is 13.5 Å². The SMILES string of the molecule is C[n+]1cc(/C([O-])=N/S(=O)(=O)c2ccccc2)c2ccccc2n1. The van der Waals surface area contributed by atoms with Gasteiger partial charge in [-0.1, -0.05) is 41.1 Å². The number of benzene rings is 2. The minimum atomic E-state index is -4.04. The van der Waals surface area contributed by atoms with Crippen LogP contribution in [0, 0.1) is 0 Å². The molecular formula is C16H13N3O3S. The summed E-state index contributed by atoms with van der Waals surface area (Å²) in [7, 11) is -2.38. The highest BCUT2D eigenvalue weighted by molar-refractivity contribution is 7.90. The third-order valence-corrected chi connectivity index (χ3v) is 4.52. The standard InChI is InChI=1S/C16H13N3O3S/c1-19-11-14(13-9-5-6-10-15(13)17-19)16(20)18-23(21,22)12-7-3-2-4-8-12/h2-11H,1H3. The van der Waals surface area contributed by atoms with Crippen LogP contribution in [-0.2, 0) is 17.1 Å². The first-order valence-corrected chi connectivity index (χ1v) is 8.24. The summed E-state index contributed by atoms with van der Waals surface area (Å²) < 4.78 is 29.3. The van der Waals surface area contributed by atoms with Gasteiger partial charge in [-0.2, -0.15) is 12.8 Å². The van der Waals surface area contributed by atoms with Crippen LogP contribution in [0.2, 0.25) is 0 Å². The summed E-state index contributed by atoms with van der Waals surface area (Å²) in [6.07, 6.45) is 1.47. The monoisotopic (exact) mass is 327 g/mol. The summed E-state index contributed by atoms with van der Waals surface area (Å²) in [5, 5.41) is 17.2. The molecule has 0 N–H and O–H groups in total. The molecule has 7 heteroatoms. The van der Waals surface area contributed by atoms with E-state index in [1.54, 1.807) is 49.5 Å². The second kappa shape index (κ2) is 5.77. The normalized spacial score (nSPS) is 12.5. The quantitative estimate of drug-likeness (QED) is 0.399. The maximum absolute atomic E-state index is 12.4. The number of hydrogen-bond donors (Lipinski definition) is 0. The Morgan fingerprint density at radius 3 is 2.48 bits per heavy atom. The van der Waals surface area contributed by atoms with Crippen LogP contribution in [0.15, 0.2) is 70.1 Å². The Bertz CT molecular complexity index is 1000. The average Bonchev–Trinajstić information content (AvgIpc) is 2.54. The molecule has 0 spiro atoms. The molecule has 3 aromatic rings. The molecule has 0 aliphatic carbocycles. The summed E-state index contributed by atoms with van der Waals surface area (Å²) in [5.74, 6) is -0.817. The Hall–Kier alpha value is -2.80. The number of aryl methyl sites for hydroxylation is 1. The Morgan fingerprint density at radius 1 is 1.09 bits per heavy atom. The minimum absolute atomic E-state index is 0.0175. The van der Waals surface area contributed by atoms with Gasteiger partial charge in [0.05, 0.1) is 10.5 Å². The molecule has 0 unspecified atom stereocenters. The Balaban J connectivity index is 2.16. The maximum Gasteiger partial charge on any atom is 0.281 e. The second-order valence-electron chi connectivity index (χ2n) is 4.92.